The molecule has 1 amide bonds. The summed E-state index contributed by atoms with van der Waals surface area (Å²) in [7, 11) is 0. The summed E-state index contributed by atoms with van der Waals surface area (Å²) >= 11 is 3.40. The van der Waals surface area contributed by atoms with Gasteiger partial charge in [0.1, 0.15) is 0 Å². The fourth-order valence-electron chi connectivity index (χ4n) is 2.29. The van der Waals surface area contributed by atoms with Gasteiger partial charge in [-0.2, -0.15) is 0 Å². The van der Waals surface area contributed by atoms with Gasteiger partial charge in [0.25, 0.3) is 5.91 Å². The van der Waals surface area contributed by atoms with E-state index in [4.69, 9.17) is 9.84 Å². The molecule has 5 nitrogen and oxygen atoms in total. The van der Waals surface area contributed by atoms with Gasteiger partial charge in [-0.1, -0.05) is 22.0 Å². The molecule has 1 heterocycles. The van der Waals surface area contributed by atoms with Crippen molar-refractivity contribution in [2.45, 2.75) is 19.4 Å². The number of rotatable bonds is 3. The zero-order chi connectivity index (χ0) is 14.7. The van der Waals surface area contributed by atoms with Crippen molar-refractivity contribution in [2.24, 2.45) is 0 Å². The number of hydrogen-bond acceptors (Lipinski definition) is 3. The van der Waals surface area contributed by atoms with Crippen molar-refractivity contribution in [1.82, 2.24) is 4.90 Å². The van der Waals surface area contributed by atoms with Crippen LogP contribution in [-0.4, -0.2) is 47.7 Å². The van der Waals surface area contributed by atoms with E-state index in [1.807, 2.05) is 13.0 Å². The lowest BCUT2D eigenvalue weighted by Crippen LogP contribution is -2.49. The number of carbonyl (C=O) groups is 2. The molecule has 6 heteroatoms. The molecular formula is C14H16BrNO4. The number of ether oxygens (including phenoxy) is 1. The van der Waals surface area contributed by atoms with E-state index >= 15 is 0 Å². The maximum atomic E-state index is 12.6. The highest BCUT2D eigenvalue weighted by atomic mass is 79.9. The van der Waals surface area contributed by atoms with E-state index in [1.54, 1.807) is 17.0 Å². The molecule has 1 aliphatic heterocycles. The molecule has 0 aliphatic carbocycles. The molecule has 1 fully saturated rings. The second-order valence-corrected chi connectivity index (χ2v) is 5.59. The molecule has 1 N–H and O–H groups in total. The van der Waals surface area contributed by atoms with Gasteiger partial charge in [-0.3, -0.25) is 9.59 Å². The van der Waals surface area contributed by atoms with Crippen LogP contribution in [0, 0.1) is 6.92 Å². The van der Waals surface area contributed by atoms with Crippen molar-refractivity contribution in [1.29, 1.82) is 0 Å². The lowest BCUT2D eigenvalue weighted by molar-refractivity contribution is -0.139. The smallest absolute Gasteiger partial charge is 0.305 e. The van der Waals surface area contributed by atoms with Gasteiger partial charge in [0.2, 0.25) is 0 Å². The van der Waals surface area contributed by atoms with Crippen LogP contribution in [0.1, 0.15) is 22.3 Å². The third-order valence-corrected chi connectivity index (χ3v) is 4.26. The molecule has 1 atom stereocenters. The first kappa shape index (κ1) is 15.0. The third-order valence-electron chi connectivity index (χ3n) is 3.40. The van der Waals surface area contributed by atoms with Crippen LogP contribution in [0.25, 0.3) is 0 Å². The Balaban J connectivity index is 2.25. The summed E-state index contributed by atoms with van der Waals surface area (Å²) in [6.07, 6.45) is -0.0984. The van der Waals surface area contributed by atoms with Crippen LogP contribution < -0.4 is 0 Å². The number of carbonyl (C=O) groups excluding carboxylic acids is 1. The lowest BCUT2D eigenvalue weighted by Gasteiger charge is -2.35. The Kier molecular flexibility index (Phi) is 4.77. The predicted octanol–water partition coefficient (Wildman–Crippen LogP) is 2.07. The fraction of sp³-hybridized carbons (Fsp3) is 0.429. The number of aliphatic carboxylic acids is 1. The Hall–Kier alpha value is -1.40. The van der Waals surface area contributed by atoms with Gasteiger partial charge >= 0.3 is 5.97 Å². The predicted molar refractivity (Wildman–Crippen MR) is 76.8 cm³/mol. The topological polar surface area (TPSA) is 66.8 Å². The van der Waals surface area contributed by atoms with Gasteiger partial charge in [0.05, 0.1) is 25.7 Å². The van der Waals surface area contributed by atoms with Gasteiger partial charge in [-0.25, -0.2) is 0 Å². The fourth-order valence-corrected chi connectivity index (χ4v) is 2.65. The largest absolute Gasteiger partial charge is 0.481 e. The van der Waals surface area contributed by atoms with E-state index < -0.39 is 12.0 Å². The minimum atomic E-state index is -0.927. The van der Waals surface area contributed by atoms with Crippen LogP contribution in [-0.2, 0) is 9.53 Å². The molecule has 0 radical (unpaired) electrons. The van der Waals surface area contributed by atoms with Gasteiger partial charge in [-0.05, 0) is 24.6 Å². The molecule has 0 bridgehead atoms. The number of nitrogens with zero attached hydrogens (tertiary/aromatic N) is 1. The average Bonchev–Trinajstić information content (AvgIpc) is 2.41. The van der Waals surface area contributed by atoms with Crippen molar-refractivity contribution in [2.75, 3.05) is 19.8 Å². The average molecular weight is 342 g/mol. The SMILES string of the molecule is Cc1c(Br)cccc1C(=O)N1CCOCC1CC(=O)O. The molecule has 0 saturated carbocycles. The first-order valence-electron chi connectivity index (χ1n) is 6.36. The Labute approximate surface area is 125 Å². The summed E-state index contributed by atoms with van der Waals surface area (Å²) in [4.78, 5) is 25.1. The number of amides is 1. The lowest BCUT2D eigenvalue weighted by atomic mass is 10.1. The molecule has 0 spiro atoms. The number of carboxylic acids is 1. The summed E-state index contributed by atoms with van der Waals surface area (Å²) < 4.78 is 6.15. The highest BCUT2D eigenvalue weighted by Crippen LogP contribution is 2.23. The first-order chi connectivity index (χ1) is 9.50. The molecule has 108 valence electrons. The Morgan fingerprint density at radius 3 is 2.95 bits per heavy atom. The van der Waals surface area contributed by atoms with Gasteiger partial charge in [-0.15, -0.1) is 0 Å². The molecule has 1 saturated heterocycles. The van der Waals surface area contributed by atoms with Crippen molar-refractivity contribution >= 4 is 27.8 Å². The normalized spacial score (nSPS) is 18.9. The van der Waals surface area contributed by atoms with E-state index in [2.05, 4.69) is 15.9 Å². The number of benzene rings is 1. The van der Waals surface area contributed by atoms with Crippen molar-refractivity contribution in [3.8, 4) is 0 Å². The Morgan fingerprint density at radius 1 is 1.50 bits per heavy atom. The molecule has 1 unspecified atom stereocenters. The molecule has 0 aromatic heterocycles. The van der Waals surface area contributed by atoms with Crippen molar-refractivity contribution in [3.05, 3.63) is 33.8 Å². The zero-order valence-corrected chi connectivity index (χ0v) is 12.7. The van der Waals surface area contributed by atoms with Gasteiger partial charge < -0.3 is 14.7 Å². The quantitative estimate of drug-likeness (QED) is 0.913. The van der Waals surface area contributed by atoms with Crippen LogP contribution in [0.2, 0.25) is 0 Å². The molecule has 1 aromatic rings. The second-order valence-electron chi connectivity index (χ2n) is 4.74. The number of halogens is 1. The maximum Gasteiger partial charge on any atom is 0.305 e. The minimum Gasteiger partial charge on any atom is -0.481 e. The first-order valence-corrected chi connectivity index (χ1v) is 7.15. The third kappa shape index (κ3) is 3.19. The Bertz CT molecular complexity index is 532. The summed E-state index contributed by atoms with van der Waals surface area (Å²) in [5.74, 6) is -1.07. The van der Waals surface area contributed by atoms with Crippen LogP contribution in [0.5, 0.6) is 0 Å². The summed E-state index contributed by atoms with van der Waals surface area (Å²) in [6.45, 7) is 2.99. The van der Waals surface area contributed by atoms with E-state index in [-0.39, 0.29) is 18.9 Å². The minimum absolute atomic E-state index is 0.0984. The van der Waals surface area contributed by atoms with Gasteiger partial charge in [0, 0.05) is 16.6 Å². The molecular weight excluding hydrogens is 326 g/mol. The number of hydrogen-bond donors (Lipinski definition) is 1. The molecule has 1 aromatic carbocycles. The van der Waals surface area contributed by atoms with Crippen LogP contribution >= 0.6 is 15.9 Å². The van der Waals surface area contributed by atoms with E-state index in [9.17, 15) is 9.59 Å². The van der Waals surface area contributed by atoms with E-state index in [1.165, 1.54) is 0 Å². The van der Waals surface area contributed by atoms with E-state index in [0.717, 1.165) is 10.0 Å². The van der Waals surface area contributed by atoms with Crippen molar-refractivity contribution < 1.29 is 19.4 Å². The number of carboxylic acid groups (broad SMARTS) is 1. The second kappa shape index (κ2) is 6.37. The zero-order valence-electron chi connectivity index (χ0n) is 11.1. The monoisotopic (exact) mass is 341 g/mol. The summed E-state index contributed by atoms with van der Waals surface area (Å²) in [6, 6.07) is 5.03. The van der Waals surface area contributed by atoms with Gasteiger partial charge in [0.15, 0.2) is 0 Å². The molecule has 20 heavy (non-hydrogen) atoms. The van der Waals surface area contributed by atoms with Crippen LogP contribution in [0.15, 0.2) is 22.7 Å². The molecule has 2 rings (SSSR count). The standard InChI is InChI=1S/C14H16BrNO4/c1-9-11(3-2-4-12(9)15)14(19)16-5-6-20-8-10(16)7-13(17)18/h2-4,10H,5-8H2,1H3,(H,17,18). The summed E-state index contributed by atoms with van der Waals surface area (Å²) in [5, 5.41) is 8.93. The highest BCUT2D eigenvalue weighted by molar-refractivity contribution is 9.10. The number of morpholine rings is 1. The molecule has 1 aliphatic rings. The van der Waals surface area contributed by atoms with E-state index in [0.29, 0.717) is 18.7 Å². The van der Waals surface area contributed by atoms with Crippen molar-refractivity contribution in [3.63, 3.8) is 0 Å². The summed E-state index contributed by atoms with van der Waals surface area (Å²) in [5.41, 5.74) is 1.45. The maximum absolute atomic E-state index is 12.6. The Morgan fingerprint density at radius 2 is 2.25 bits per heavy atom. The highest BCUT2D eigenvalue weighted by Gasteiger charge is 2.30. The van der Waals surface area contributed by atoms with Crippen LogP contribution in [0.4, 0.5) is 0 Å². The van der Waals surface area contributed by atoms with Crippen LogP contribution in [0.3, 0.4) is 0 Å².